The van der Waals surface area contributed by atoms with E-state index in [1.807, 2.05) is 0 Å². The number of aryl methyl sites for hydroxylation is 1. The lowest BCUT2D eigenvalue weighted by Gasteiger charge is -2.25. The van der Waals surface area contributed by atoms with Gasteiger partial charge in [-0.05, 0) is 60.5 Å². The van der Waals surface area contributed by atoms with E-state index in [2.05, 4.69) is 20.4 Å². The number of halogens is 2. The van der Waals surface area contributed by atoms with E-state index in [1.54, 1.807) is 66.5 Å². The number of rotatable bonds is 12. The minimum atomic E-state index is -1.15. The van der Waals surface area contributed by atoms with Crippen molar-refractivity contribution in [3.05, 3.63) is 95.7 Å². The molecule has 0 saturated heterocycles. The number of hydrogen-bond donors (Lipinski definition) is 1. The van der Waals surface area contributed by atoms with Gasteiger partial charge in [0.1, 0.15) is 29.1 Å². The molecule has 1 heterocycles. The molecule has 12 heteroatoms. The molecule has 1 atom stereocenters. The molecule has 0 aliphatic heterocycles. The van der Waals surface area contributed by atoms with Crippen LogP contribution < -0.4 is 15.0 Å². The summed E-state index contributed by atoms with van der Waals surface area (Å²) in [6, 6.07) is 15.2. The average molecular weight is 592 g/mol. The van der Waals surface area contributed by atoms with Crippen LogP contribution in [0.3, 0.4) is 0 Å². The van der Waals surface area contributed by atoms with Crippen molar-refractivity contribution in [1.82, 2.24) is 20.3 Å². The zero-order valence-corrected chi connectivity index (χ0v) is 23.9. The first-order chi connectivity index (χ1) is 20.7. The topological polar surface area (TPSA) is 116 Å². The molecular formula is C31H31F2N5O5. The predicted octanol–water partition coefficient (Wildman–Crippen LogP) is 4.19. The normalized spacial score (nSPS) is 11.5. The van der Waals surface area contributed by atoms with Gasteiger partial charge in [-0.25, -0.2) is 8.78 Å². The molecule has 0 unspecified atom stereocenters. The summed E-state index contributed by atoms with van der Waals surface area (Å²) in [6.07, 6.45) is 2.31. The number of nitrogens with zero attached hydrogens (tertiary/aromatic N) is 4. The number of carbonyl (C=O) groups excluding carboxylic acids is 3. The first-order valence-corrected chi connectivity index (χ1v) is 13.4. The van der Waals surface area contributed by atoms with Gasteiger partial charge in [0, 0.05) is 49.3 Å². The maximum Gasteiger partial charge on any atom is 0.305 e. The van der Waals surface area contributed by atoms with E-state index >= 15 is 0 Å². The van der Waals surface area contributed by atoms with Gasteiger partial charge >= 0.3 is 5.97 Å². The Morgan fingerprint density at radius 3 is 2.40 bits per heavy atom. The van der Waals surface area contributed by atoms with Crippen molar-refractivity contribution in [1.29, 1.82) is 0 Å². The molecule has 43 heavy (non-hydrogen) atoms. The molecule has 0 saturated carbocycles. The van der Waals surface area contributed by atoms with Crippen LogP contribution in [0.4, 0.5) is 14.5 Å². The fraction of sp³-hybridized carbons (Fsp3) is 0.258. The van der Waals surface area contributed by atoms with Crippen LogP contribution in [0.25, 0.3) is 11.3 Å². The highest BCUT2D eigenvalue weighted by molar-refractivity contribution is 6.02. The van der Waals surface area contributed by atoms with Crippen LogP contribution in [0.5, 0.6) is 5.75 Å². The third kappa shape index (κ3) is 8.22. The standard InChI is InChI=1S/C31H31F2N5O5/c1-37(25-9-11-26(42-2)12-10-25)31(41)27(16-20-14-23(32)18-24(33)15-20)34-30(40)22-7-4-6-21(17-22)28-19-38(36-35-28)13-5-8-29(39)43-3/h4,6-7,9-12,14-15,17-19,27H,5,8,13,16H2,1-3H3,(H,34,40)/t27-/m0/s1. The summed E-state index contributed by atoms with van der Waals surface area (Å²) in [4.78, 5) is 39.7. The van der Waals surface area contributed by atoms with Gasteiger partial charge in [0.2, 0.25) is 5.91 Å². The van der Waals surface area contributed by atoms with Crippen LogP contribution >= 0.6 is 0 Å². The number of carbonyl (C=O) groups is 3. The number of likely N-dealkylation sites (N-methyl/N-ethyl adjacent to an activating group) is 1. The Hall–Kier alpha value is -5.13. The first-order valence-electron chi connectivity index (χ1n) is 13.4. The van der Waals surface area contributed by atoms with Crippen LogP contribution in [0.2, 0.25) is 0 Å². The fourth-order valence-electron chi connectivity index (χ4n) is 4.42. The second kappa shape index (κ2) is 14.2. The Labute approximate surface area is 247 Å². The summed E-state index contributed by atoms with van der Waals surface area (Å²) in [6.45, 7) is 0.453. The van der Waals surface area contributed by atoms with Crippen molar-refractivity contribution < 1.29 is 32.6 Å². The molecule has 224 valence electrons. The number of nitrogens with one attached hydrogen (secondary N) is 1. The van der Waals surface area contributed by atoms with Crippen molar-refractivity contribution >= 4 is 23.5 Å². The number of esters is 1. The SMILES string of the molecule is COC(=O)CCCn1cc(-c2cccc(C(=O)N[C@@H](Cc3cc(F)cc(F)c3)C(=O)N(C)c3ccc(OC)cc3)c2)nn1. The van der Waals surface area contributed by atoms with Gasteiger partial charge in [0.05, 0.1) is 20.4 Å². The van der Waals surface area contributed by atoms with Crippen molar-refractivity contribution in [3.8, 4) is 17.0 Å². The van der Waals surface area contributed by atoms with Gasteiger partial charge in [-0.1, -0.05) is 17.3 Å². The number of anilines is 1. The Bertz CT molecular complexity index is 1570. The summed E-state index contributed by atoms with van der Waals surface area (Å²) in [5, 5.41) is 11.0. The van der Waals surface area contributed by atoms with E-state index in [1.165, 1.54) is 19.1 Å². The second-order valence-corrected chi connectivity index (χ2v) is 9.73. The summed E-state index contributed by atoms with van der Waals surface area (Å²) in [5.74, 6) is -2.34. The number of hydrogen-bond acceptors (Lipinski definition) is 7. The summed E-state index contributed by atoms with van der Waals surface area (Å²) >= 11 is 0. The second-order valence-electron chi connectivity index (χ2n) is 9.73. The maximum absolute atomic E-state index is 14.0. The smallest absolute Gasteiger partial charge is 0.305 e. The van der Waals surface area contributed by atoms with Gasteiger partial charge in [-0.2, -0.15) is 0 Å². The van der Waals surface area contributed by atoms with E-state index in [9.17, 15) is 23.2 Å². The lowest BCUT2D eigenvalue weighted by atomic mass is 10.0. The molecule has 10 nitrogen and oxygen atoms in total. The van der Waals surface area contributed by atoms with Crippen LogP contribution in [-0.4, -0.2) is 60.1 Å². The molecule has 0 bridgehead atoms. The quantitative estimate of drug-likeness (QED) is 0.246. The van der Waals surface area contributed by atoms with Crippen LogP contribution in [0.1, 0.15) is 28.8 Å². The van der Waals surface area contributed by atoms with E-state index in [0.29, 0.717) is 35.7 Å². The maximum atomic E-state index is 14.0. The molecule has 0 fully saturated rings. The minimum Gasteiger partial charge on any atom is -0.497 e. The van der Waals surface area contributed by atoms with E-state index in [0.717, 1.165) is 18.2 Å². The van der Waals surface area contributed by atoms with Gasteiger partial charge in [-0.3, -0.25) is 19.1 Å². The third-order valence-electron chi connectivity index (χ3n) is 6.71. The number of benzene rings is 3. The van der Waals surface area contributed by atoms with Crippen molar-refractivity contribution in [2.75, 3.05) is 26.2 Å². The number of ether oxygens (including phenoxy) is 2. The van der Waals surface area contributed by atoms with E-state index in [-0.39, 0.29) is 29.9 Å². The molecule has 1 aromatic heterocycles. The average Bonchev–Trinajstić information content (AvgIpc) is 3.48. The Morgan fingerprint density at radius 1 is 1.00 bits per heavy atom. The molecule has 4 rings (SSSR count). The van der Waals surface area contributed by atoms with Crippen LogP contribution in [0.15, 0.2) is 72.9 Å². The van der Waals surface area contributed by atoms with Crippen LogP contribution in [0, 0.1) is 11.6 Å². The lowest BCUT2D eigenvalue weighted by molar-refractivity contribution is -0.140. The summed E-state index contributed by atoms with van der Waals surface area (Å²) in [7, 11) is 4.40. The van der Waals surface area contributed by atoms with Gasteiger partial charge in [0.25, 0.3) is 5.91 Å². The zero-order valence-electron chi connectivity index (χ0n) is 23.9. The summed E-state index contributed by atoms with van der Waals surface area (Å²) in [5.41, 5.74) is 2.10. The lowest BCUT2D eigenvalue weighted by Crippen LogP contribution is -2.48. The van der Waals surface area contributed by atoms with Crippen molar-refractivity contribution in [2.45, 2.75) is 31.8 Å². The Morgan fingerprint density at radius 2 is 1.72 bits per heavy atom. The van der Waals surface area contributed by atoms with Gasteiger partial charge in [-0.15, -0.1) is 5.10 Å². The Balaban J connectivity index is 1.54. The number of amides is 2. The molecule has 2 amide bonds. The fourth-order valence-corrected chi connectivity index (χ4v) is 4.42. The van der Waals surface area contributed by atoms with Crippen molar-refractivity contribution in [2.24, 2.45) is 0 Å². The molecule has 0 aliphatic rings. The highest BCUT2D eigenvalue weighted by Gasteiger charge is 2.26. The van der Waals surface area contributed by atoms with Crippen molar-refractivity contribution in [3.63, 3.8) is 0 Å². The molecular weight excluding hydrogens is 560 g/mol. The highest BCUT2D eigenvalue weighted by Crippen LogP contribution is 2.21. The monoisotopic (exact) mass is 591 g/mol. The highest BCUT2D eigenvalue weighted by atomic mass is 19.1. The van der Waals surface area contributed by atoms with Gasteiger partial charge < -0.3 is 19.7 Å². The molecule has 3 aromatic carbocycles. The van der Waals surface area contributed by atoms with E-state index < -0.39 is 29.5 Å². The van der Waals surface area contributed by atoms with Crippen LogP contribution in [-0.2, 0) is 27.3 Å². The Kier molecular flexibility index (Phi) is 10.2. The zero-order chi connectivity index (χ0) is 30.9. The summed E-state index contributed by atoms with van der Waals surface area (Å²) < 4.78 is 39.3. The van der Waals surface area contributed by atoms with Gasteiger partial charge in [0.15, 0.2) is 0 Å². The first kappa shape index (κ1) is 30.8. The van der Waals surface area contributed by atoms with E-state index in [4.69, 9.17) is 4.74 Å². The molecule has 4 aromatic rings. The minimum absolute atomic E-state index is 0.153. The molecule has 1 N–H and O–H groups in total. The molecule has 0 spiro atoms. The molecule has 0 aliphatic carbocycles. The third-order valence-corrected chi connectivity index (χ3v) is 6.71. The number of methoxy groups -OCH3 is 2. The molecule has 0 radical (unpaired) electrons. The predicted molar refractivity (Wildman–Crippen MR) is 154 cm³/mol. The largest absolute Gasteiger partial charge is 0.497 e. The number of aromatic nitrogens is 3.